The number of sulfonamides is 1. The molecule has 1 saturated heterocycles. The number of nitrogens with zero attached hydrogens (tertiary/aromatic N) is 2. The van der Waals surface area contributed by atoms with E-state index >= 15 is 0 Å². The van der Waals surface area contributed by atoms with Crippen molar-refractivity contribution in [2.45, 2.75) is 32.7 Å². The molecule has 0 radical (unpaired) electrons. The minimum atomic E-state index is -3.16. The SMILES string of the molecule is Cc1cnn(CCNS(=O)(=O)CCC2CCNCC2)c1. The van der Waals surface area contributed by atoms with E-state index in [1.165, 1.54) is 0 Å². The second kappa shape index (κ2) is 7.19. The highest BCUT2D eigenvalue weighted by Crippen LogP contribution is 2.16. The van der Waals surface area contributed by atoms with Gasteiger partial charge in [0.1, 0.15) is 0 Å². The molecule has 0 aromatic carbocycles. The minimum absolute atomic E-state index is 0.232. The molecule has 0 amide bonds. The van der Waals surface area contributed by atoms with Crippen molar-refractivity contribution < 1.29 is 8.42 Å². The Morgan fingerprint density at radius 3 is 2.85 bits per heavy atom. The van der Waals surface area contributed by atoms with Gasteiger partial charge in [0.2, 0.25) is 10.0 Å². The van der Waals surface area contributed by atoms with Gasteiger partial charge in [-0.15, -0.1) is 0 Å². The summed E-state index contributed by atoms with van der Waals surface area (Å²) in [7, 11) is -3.16. The largest absolute Gasteiger partial charge is 0.317 e. The van der Waals surface area contributed by atoms with Crippen LogP contribution in [0.1, 0.15) is 24.8 Å². The molecule has 1 aromatic rings. The summed E-state index contributed by atoms with van der Waals surface area (Å²) in [4.78, 5) is 0. The van der Waals surface area contributed by atoms with Crippen LogP contribution in [-0.2, 0) is 16.6 Å². The van der Waals surface area contributed by atoms with E-state index in [1.54, 1.807) is 10.9 Å². The van der Waals surface area contributed by atoms with E-state index in [-0.39, 0.29) is 5.75 Å². The Kier molecular flexibility index (Phi) is 5.56. The summed E-state index contributed by atoms with van der Waals surface area (Å²) in [5.74, 6) is 0.775. The lowest BCUT2D eigenvalue weighted by Gasteiger charge is -2.22. The molecule has 0 spiro atoms. The molecule has 20 heavy (non-hydrogen) atoms. The predicted octanol–water partition coefficient (Wildman–Crippen LogP) is 0.501. The molecule has 2 heterocycles. The van der Waals surface area contributed by atoms with Crippen molar-refractivity contribution in [1.29, 1.82) is 0 Å². The molecule has 0 saturated carbocycles. The van der Waals surface area contributed by atoms with E-state index in [2.05, 4.69) is 15.1 Å². The molecule has 2 N–H and O–H groups in total. The zero-order valence-corrected chi connectivity index (χ0v) is 12.8. The normalized spacial score (nSPS) is 17.4. The van der Waals surface area contributed by atoms with Crippen LogP contribution in [0, 0.1) is 12.8 Å². The van der Waals surface area contributed by atoms with E-state index in [4.69, 9.17) is 0 Å². The summed E-state index contributed by atoms with van der Waals surface area (Å²) in [5.41, 5.74) is 1.08. The Bertz CT molecular complexity index is 506. The van der Waals surface area contributed by atoms with Crippen LogP contribution in [0.25, 0.3) is 0 Å². The predicted molar refractivity (Wildman–Crippen MR) is 79.0 cm³/mol. The molecule has 1 aromatic heterocycles. The number of aryl methyl sites for hydroxylation is 1. The van der Waals surface area contributed by atoms with Gasteiger partial charge in [-0.1, -0.05) is 0 Å². The second-order valence-corrected chi connectivity index (χ2v) is 7.40. The fourth-order valence-corrected chi connectivity index (χ4v) is 3.66. The van der Waals surface area contributed by atoms with E-state index < -0.39 is 10.0 Å². The lowest BCUT2D eigenvalue weighted by atomic mass is 9.96. The molecule has 6 nitrogen and oxygen atoms in total. The van der Waals surface area contributed by atoms with Gasteiger partial charge in [-0.05, 0) is 50.8 Å². The molecule has 114 valence electrons. The Balaban J connectivity index is 1.67. The first kappa shape index (κ1) is 15.5. The van der Waals surface area contributed by atoms with Gasteiger partial charge in [-0.25, -0.2) is 13.1 Å². The van der Waals surface area contributed by atoms with Crippen molar-refractivity contribution in [3.63, 3.8) is 0 Å². The average molecular weight is 300 g/mol. The van der Waals surface area contributed by atoms with Gasteiger partial charge in [-0.2, -0.15) is 5.10 Å². The zero-order chi connectivity index (χ0) is 14.4. The molecule has 1 aliphatic heterocycles. The molecule has 0 bridgehead atoms. The number of hydrogen-bond donors (Lipinski definition) is 2. The van der Waals surface area contributed by atoms with Crippen LogP contribution in [0.15, 0.2) is 12.4 Å². The van der Waals surface area contributed by atoms with Crippen LogP contribution in [0.2, 0.25) is 0 Å². The molecule has 2 rings (SSSR count). The summed E-state index contributed by atoms with van der Waals surface area (Å²) in [6.45, 7) is 4.95. The average Bonchev–Trinajstić information content (AvgIpc) is 2.83. The van der Waals surface area contributed by atoms with Gasteiger partial charge >= 0.3 is 0 Å². The second-order valence-electron chi connectivity index (χ2n) is 5.48. The molecule has 7 heteroatoms. The Labute approximate surface area is 121 Å². The number of nitrogens with one attached hydrogen (secondary N) is 2. The van der Waals surface area contributed by atoms with Crippen molar-refractivity contribution in [3.05, 3.63) is 18.0 Å². The van der Waals surface area contributed by atoms with Gasteiger partial charge in [0.25, 0.3) is 0 Å². The smallest absolute Gasteiger partial charge is 0.211 e. The van der Waals surface area contributed by atoms with Gasteiger partial charge in [0.05, 0.1) is 18.5 Å². The minimum Gasteiger partial charge on any atom is -0.317 e. The fraction of sp³-hybridized carbons (Fsp3) is 0.769. The summed E-state index contributed by atoms with van der Waals surface area (Å²) in [6, 6.07) is 0. The number of piperidine rings is 1. The topological polar surface area (TPSA) is 76.0 Å². The standard InChI is InChI=1S/C13H24N4O2S/c1-12-10-15-17(11-12)8-7-16-20(18,19)9-4-13-2-5-14-6-3-13/h10-11,13-14,16H,2-9H2,1H3. The molecular weight excluding hydrogens is 276 g/mol. The lowest BCUT2D eigenvalue weighted by Crippen LogP contribution is -2.32. The van der Waals surface area contributed by atoms with Gasteiger partial charge in [-0.3, -0.25) is 4.68 Å². The van der Waals surface area contributed by atoms with Crippen molar-refractivity contribution in [2.75, 3.05) is 25.4 Å². The Morgan fingerprint density at radius 1 is 1.45 bits per heavy atom. The highest BCUT2D eigenvalue weighted by molar-refractivity contribution is 7.89. The first-order chi connectivity index (χ1) is 9.55. The fourth-order valence-electron chi connectivity index (χ4n) is 2.47. The summed E-state index contributed by atoms with van der Waals surface area (Å²) in [5, 5.41) is 7.42. The summed E-state index contributed by atoms with van der Waals surface area (Å²) in [6.07, 6.45) is 6.61. The van der Waals surface area contributed by atoms with Crippen LogP contribution in [-0.4, -0.2) is 43.6 Å². The zero-order valence-electron chi connectivity index (χ0n) is 12.0. The number of hydrogen-bond acceptors (Lipinski definition) is 4. The van der Waals surface area contributed by atoms with E-state index in [0.717, 1.165) is 37.9 Å². The van der Waals surface area contributed by atoms with Crippen LogP contribution < -0.4 is 10.0 Å². The Morgan fingerprint density at radius 2 is 2.20 bits per heavy atom. The lowest BCUT2D eigenvalue weighted by molar-refractivity contribution is 0.365. The van der Waals surface area contributed by atoms with Crippen LogP contribution in [0.5, 0.6) is 0 Å². The van der Waals surface area contributed by atoms with Crippen molar-refractivity contribution in [1.82, 2.24) is 19.8 Å². The molecule has 0 atom stereocenters. The summed E-state index contributed by atoms with van der Waals surface area (Å²) < 4.78 is 28.2. The maximum atomic E-state index is 11.9. The first-order valence-corrected chi connectivity index (χ1v) is 8.87. The third kappa shape index (κ3) is 5.22. The van der Waals surface area contributed by atoms with Crippen LogP contribution in [0.3, 0.4) is 0 Å². The maximum absolute atomic E-state index is 11.9. The molecular formula is C13H24N4O2S. The van der Waals surface area contributed by atoms with Crippen molar-refractivity contribution in [2.24, 2.45) is 5.92 Å². The molecule has 1 aliphatic rings. The van der Waals surface area contributed by atoms with Gasteiger partial charge in [0, 0.05) is 12.7 Å². The monoisotopic (exact) mass is 300 g/mol. The van der Waals surface area contributed by atoms with E-state index in [0.29, 0.717) is 19.0 Å². The van der Waals surface area contributed by atoms with Crippen molar-refractivity contribution in [3.8, 4) is 0 Å². The number of aromatic nitrogens is 2. The third-order valence-electron chi connectivity index (χ3n) is 3.68. The molecule has 0 aliphatic carbocycles. The summed E-state index contributed by atoms with van der Waals surface area (Å²) >= 11 is 0. The highest BCUT2D eigenvalue weighted by atomic mass is 32.2. The van der Waals surface area contributed by atoms with Gasteiger partial charge < -0.3 is 5.32 Å². The first-order valence-electron chi connectivity index (χ1n) is 7.22. The third-order valence-corrected chi connectivity index (χ3v) is 5.10. The van der Waals surface area contributed by atoms with Gasteiger partial charge in [0.15, 0.2) is 0 Å². The van der Waals surface area contributed by atoms with E-state index in [9.17, 15) is 8.42 Å². The van der Waals surface area contributed by atoms with E-state index in [1.807, 2.05) is 13.1 Å². The molecule has 1 fully saturated rings. The maximum Gasteiger partial charge on any atom is 0.211 e. The highest BCUT2D eigenvalue weighted by Gasteiger charge is 2.17. The number of rotatable bonds is 7. The molecule has 0 unspecified atom stereocenters. The Hall–Kier alpha value is -0.920. The van der Waals surface area contributed by atoms with Crippen LogP contribution >= 0.6 is 0 Å². The van der Waals surface area contributed by atoms with Crippen molar-refractivity contribution >= 4 is 10.0 Å². The van der Waals surface area contributed by atoms with Crippen LogP contribution in [0.4, 0.5) is 0 Å². The quantitative estimate of drug-likeness (QED) is 0.769.